The van der Waals surface area contributed by atoms with E-state index < -0.39 is 0 Å². The molecule has 0 atom stereocenters. The highest BCUT2D eigenvalue weighted by atomic mass is 16.5. The summed E-state index contributed by atoms with van der Waals surface area (Å²) in [5.74, 6) is 0.615. The molecule has 0 fully saturated rings. The lowest BCUT2D eigenvalue weighted by molar-refractivity contribution is -0.121. The van der Waals surface area contributed by atoms with Crippen molar-refractivity contribution in [3.63, 3.8) is 0 Å². The molecule has 2 N–H and O–H groups in total. The summed E-state index contributed by atoms with van der Waals surface area (Å²) in [7, 11) is 0. The predicted molar refractivity (Wildman–Crippen MR) is 74.4 cm³/mol. The number of nitrogens with two attached hydrogens (primary N) is 1. The third kappa shape index (κ3) is 3.38. The number of benzene rings is 1. The van der Waals surface area contributed by atoms with Gasteiger partial charge >= 0.3 is 0 Å². The Hall–Kier alpha value is -1.75. The van der Waals surface area contributed by atoms with Crippen LogP contribution in [0.5, 0.6) is 5.75 Å². The van der Waals surface area contributed by atoms with Crippen LogP contribution in [0.3, 0.4) is 0 Å². The zero-order valence-corrected chi connectivity index (χ0v) is 11.2. The lowest BCUT2D eigenvalue weighted by Crippen LogP contribution is -2.40. The van der Waals surface area contributed by atoms with Crippen molar-refractivity contribution in [3.8, 4) is 5.75 Å². The Morgan fingerprint density at radius 3 is 3.05 bits per heavy atom. The number of carbonyl (C=O) groups is 1. The van der Waals surface area contributed by atoms with Gasteiger partial charge < -0.3 is 20.1 Å². The molecule has 0 aromatic heterocycles. The summed E-state index contributed by atoms with van der Waals surface area (Å²) >= 11 is 0. The zero-order valence-electron chi connectivity index (χ0n) is 11.2. The number of carbonyl (C=O) groups excluding carboxylic acids is 1. The number of nitrogens with zero attached hydrogens (tertiary/aromatic N) is 1. The Balaban J connectivity index is 1.98. The lowest BCUT2D eigenvalue weighted by atomic mass is 10.2. The van der Waals surface area contributed by atoms with Crippen LogP contribution in [-0.2, 0) is 9.53 Å². The van der Waals surface area contributed by atoms with Crippen LogP contribution in [0.2, 0.25) is 0 Å². The largest absolute Gasteiger partial charge is 0.481 e. The van der Waals surface area contributed by atoms with Gasteiger partial charge in [-0.05, 0) is 18.6 Å². The number of rotatable bonds is 6. The fourth-order valence-corrected chi connectivity index (χ4v) is 1.97. The second kappa shape index (κ2) is 6.43. The summed E-state index contributed by atoms with van der Waals surface area (Å²) < 4.78 is 10.9. The van der Waals surface area contributed by atoms with Crippen LogP contribution in [0.4, 0.5) is 11.4 Å². The SMILES string of the molecule is CCCCOCCN1C(=O)COc2cc(N)ccc21. The van der Waals surface area contributed by atoms with Gasteiger partial charge in [0, 0.05) is 24.9 Å². The second-order valence-corrected chi connectivity index (χ2v) is 4.53. The van der Waals surface area contributed by atoms with Crippen molar-refractivity contribution >= 4 is 17.3 Å². The van der Waals surface area contributed by atoms with Crippen LogP contribution in [0.25, 0.3) is 0 Å². The number of hydrogen-bond acceptors (Lipinski definition) is 4. The molecule has 5 heteroatoms. The maximum Gasteiger partial charge on any atom is 0.265 e. The monoisotopic (exact) mass is 264 g/mol. The summed E-state index contributed by atoms with van der Waals surface area (Å²) in [5.41, 5.74) is 7.11. The standard InChI is InChI=1S/C14H20N2O3/c1-2-3-7-18-8-6-16-12-5-4-11(15)9-13(12)19-10-14(16)17/h4-5,9H,2-3,6-8,10,15H2,1H3. The molecule has 0 saturated heterocycles. The Morgan fingerprint density at radius 2 is 2.26 bits per heavy atom. The molecule has 19 heavy (non-hydrogen) atoms. The molecule has 0 unspecified atom stereocenters. The highest BCUT2D eigenvalue weighted by Gasteiger charge is 2.25. The zero-order chi connectivity index (χ0) is 13.7. The first-order valence-corrected chi connectivity index (χ1v) is 6.63. The minimum Gasteiger partial charge on any atom is -0.481 e. The Bertz CT molecular complexity index is 448. The van der Waals surface area contributed by atoms with Crippen molar-refractivity contribution in [1.82, 2.24) is 0 Å². The van der Waals surface area contributed by atoms with E-state index in [9.17, 15) is 4.79 Å². The van der Waals surface area contributed by atoms with Gasteiger partial charge in [0.1, 0.15) is 5.75 Å². The topological polar surface area (TPSA) is 64.8 Å². The van der Waals surface area contributed by atoms with Gasteiger partial charge in [-0.3, -0.25) is 4.79 Å². The molecular formula is C14H20N2O3. The smallest absolute Gasteiger partial charge is 0.265 e. The molecule has 0 bridgehead atoms. The maximum atomic E-state index is 11.9. The minimum atomic E-state index is -0.0450. The first-order chi connectivity index (χ1) is 9.22. The summed E-state index contributed by atoms with van der Waals surface area (Å²) in [6, 6.07) is 5.33. The van der Waals surface area contributed by atoms with Gasteiger partial charge in [0.25, 0.3) is 5.91 Å². The number of amides is 1. The van der Waals surface area contributed by atoms with Crippen LogP contribution in [0.15, 0.2) is 18.2 Å². The van der Waals surface area contributed by atoms with Gasteiger partial charge in [-0.1, -0.05) is 13.3 Å². The Kier molecular flexibility index (Phi) is 4.63. The summed E-state index contributed by atoms with van der Waals surface area (Å²) in [5, 5.41) is 0. The molecule has 2 rings (SSSR count). The maximum absolute atomic E-state index is 11.9. The fourth-order valence-electron chi connectivity index (χ4n) is 1.97. The third-order valence-corrected chi connectivity index (χ3v) is 3.03. The summed E-state index contributed by atoms with van der Waals surface area (Å²) in [4.78, 5) is 13.6. The number of unbranched alkanes of at least 4 members (excludes halogenated alkanes) is 1. The van der Waals surface area contributed by atoms with E-state index in [2.05, 4.69) is 6.92 Å². The molecule has 0 spiro atoms. The van der Waals surface area contributed by atoms with Gasteiger partial charge in [0.15, 0.2) is 6.61 Å². The molecule has 1 aromatic carbocycles. The highest BCUT2D eigenvalue weighted by molar-refractivity contribution is 5.98. The molecule has 104 valence electrons. The quantitative estimate of drug-likeness (QED) is 0.628. The van der Waals surface area contributed by atoms with Crippen molar-refractivity contribution in [2.24, 2.45) is 0 Å². The summed E-state index contributed by atoms with van der Waals surface area (Å²) in [6.07, 6.45) is 2.16. The number of hydrogen-bond donors (Lipinski definition) is 1. The predicted octanol–water partition coefficient (Wildman–Crippen LogP) is 1.81. The molecule has 1 heterocycles. The van der Waals surface area contributed by atoms with Crippen LogP contribution in [0, 0.1) is 0 Å². The average Bonchev–Trinajstić information content (AvgIpc) is 2.41. The normalized spacial score (nSPS) is 14.2. The molecule has 1 aliphatic rings. The number of ether oxygens (including phenoxy) is 2. The van der Waals surface area contributed by atoms with Crippen molar-refractivity contribution in [2.45, 2.75) is 19.8 Å². The first-order valence-electron chi connectivity index (χ1n) is 6.63. The van der Waals surface area contributed by atoms with Gasteiger partial charge in [0.2, 0.25) is 0 Å². The van der Waals surface area contributed by atoms with E-state index in [1.807, 2.05) is 6.07 Å². The van der Waals surface area contributed by atoms with E-state index in [4.69, 9.17) is 15.2 Å². The van der Waals surface area contributed by atoms with Gasteiger partial charge in [0.05, 0.1) is 12.3 Å². The van der Waals surface area contributed by atoms with Gasteiger partial charge in [-0.15, -0.1) is 0 Å². The molecule has 1 aliphatic heterocycles. The van der Waals surface area contributed by atoms with Crippen LogP contribution in [0.1, 0.15) is 19.8 Å². The molecule has 0 aliphatic carbocycles. The fraction of sp³-hybridized carbons (Fsp3) is 0.500. The molecule has 0 saturated carbocycles. The number of nitrogen functional groups attached to an aromatic ring is 1. The minimum absolute atomic E-state index is 0.0450. The van der Waals surface area contributed by atoms with Gasteiger partial charge in [-0.2, -0.15) is 0 Å². The molecular weight excluding hydrogens is 244 g/mol. The van der Waals surface area contributed by atoms with Crippen molar-refractivity contribution < 1.29 is 14.3 Å². The molecule has 1 amide bonds. The Labute approximate surface area is 113 Å². The van der Waals surface area contributed by atoms with E-state index in [-0.39, 0.29) is 12.5 Å². The first kappa shape index (κ1) is 13.7. The van der Waals surface area contributed by atoms with Crippen LogP contribution >= 0.6 is 0 Å². The van der Waals surface area contributed by atoms with Crippen LogP contribution in [-0.4, -0.2) is 32.3 Å². The molecule has 5 nitrogen and oxygen atoms in total. The van der Waals surface area contributed by atoms with E-state index >= 15 is 0 Å². The number of fused-ring (bicyclic) bond motifs is 1. The third-order valence-electron chi connectivity index (χ3n) is 3.03. The van der Waals surface area contributed by atoms with E-state index in [1.165, 1.54) is 0 Å². The van der Waals surface area contributed by atoms with E-state index in [0.29, 0.717) is 24.6 Å². The highest BCUT2D eigenvalue weighted by Crippen LogP contribution is 2.33. The summed E-state index contributed by atoms with van der Waals surface area (Å²) in [6.45, 7) is 4.00. The van der Waals surface area contributed by atoms with Crippen molar-refractivity contribution in [3.05, 3.63) is 18.2 Å². The number of anilines is 2. The van der Waals surface area contributed by atoms with E-state index in [0.717, 1.165) is 25.1 Å². The second-order valence-electron chi connectivity index (χ2n) is 4.53. The van der Waals surface area contributed by atoms with Crippen molar-refractivity contribution in [2.75, 3.05) is 37.0 Å². The lowest BCUT2D eigenvalue weighted by Gasteiger charge is -2.29. The van der Waals surface area contributed by atoms with Crippen molar-refractivity contribution in [1.29, 1.82) is 0 Å². The molecule has 1 aromatic rings. The average molecular weight is 264 g/mol. The van der Waals surface area contributed by atoms with Crippen LogP contribution < -0.4 is 15.4 Å². The van der Waals surface area contributed by atoms with Gasteiger partial charge in [-0.25, -0.2) is 0 Å². The molecule has 0 radical (unpaired) electrons. The van der Waals surface area contributed by atoms with E-state index in [1.54, 1.807) is 17.0 Å². The Morgan fingerprint density at radius 1 is 1.42 bits per heavy atom.